The van der Waals surface area contributed by atoms with Crippen LogP contribution >= 0.6 is 0 Å². The van der Waals surface area contributed by atoms with Crippen LogP contribution in [0.1, 0.15) is 45.1 Å². The first-order chi connectivity index (χ1) is 10.2. The van der Waals surface area contributed by atoms with Crippen molar-refractivity contribution in [1.29, 1.82) is 0 Å². The van der Waals surface area contributed by atoms with Crippen LogP contribution in [0.2, 0.25) is 0 Å². The highest BCUT2D eigenvalue weighted by atomic mass is 16.6. The van der Waals surface area contributed by atoms with Crippen LogP contribution in [0, 0.1) is 11.8 Å². The Morgan fingerprint density at radius 3 is 2.57 bits per heavy atom. The quantitative estimate of drug-likeness (QED) is 0.800. The molecule has 1 atom stereocenters. The van der Waals surface area contributed by atoms with Gasteiger partial charge in [0.15, 0.2) is 0 Å². The van der Waals surface area contributed by atoms with E-state index in [4.69, 9.17) is 4.74 Å². The summed E-state index contributed by atoms with van der Waals surface area (Å²) in [6.45, 7) is 6.62. The number of benzene rings is 1. The maximum absolute atomic E-state index is 12.1. The van der Waals surface area contributed by atoms with E-state index < -0.39 is 0 Å². The van der Waals surface area contributed by atoms with E-state index in [1.165, 1.54) is 12.8 Å². The number of rotatable bonds is 5. The van der Waals surface area contributed by atoms with Gasteiger partial charge in [-0.2, -0.15) is 0 Å². The molecule has 1 aromatic carbocycles. The lowest BCUT2D eigenvalue weighted by Gasteiger charge is -2.32. The average molecular weight is 289 g/mol. The van der Waals surface area contributed by atoms with Crippen LogP contribution < -0.4 is 0 Å². The van der Waals surface area contributed by atoms with Crippen LogP contribution in [0.4, 0.5) is 4.79 Å². The number of carbonyl (C=O) groups is 1. The second kappa shape index (κ2) is 8.06. The first-order valence-corrected chi connectivity index (χ1v) is 8.14. The summed E-state index contributed by atoms with van der Waals surface area (Å²) in [6, 6.07) is 9.85. The molecule has 21 heavy (non-hydrogen) atoms. The molecule has 0 N–H and O–H groups in total. The van der Waals surface area contributed by atoms with Crippen LogP contribution in [0.5, 0.6) is 0 Å². The molecule has 1 aliphatic rings. The summed E-state index contributed by atoms with van der Waals surface area (Å²) in [5.74, 6) is 1.57. The first-order valence-electron chi connectivity index (χ1n) is 8.14. The van der Waals surface area contributed by atoms with Crippen molar-refractivity contribution in [3.05, 3.63) is 35.9 Å². The highest BCUT2D eigenvalue weighted by Gasteiger charge is 2.24. The molecule has 0 spiro atoms. The summed E-state index contributed by atoms with van der Waals surface area (Å²) in [5, 5.41) is 0. The summed E-state index contributed by atoms with van der Waals surface area (Å²) in [7, 11) is 0. The van der Waals surface area contributed by atoms with Crippen LogP contribution in [0.3, 0.4) is 0 Å². The third kappa shape index (κ3) is 5.07. The molecule has 2 rings (SSSR count). The predicted octanol–water partition coefficient (Wildman–Crippen LogP) is 4.47. The lowest BCUT2D eigenvalue weighted by molar-refractivity contribution is 0.0800. The maximum atomic E-state index is 12.1. The predicted molar refractivity (Wildman–Crippen MR) is 85.0 cm³/mol. The second-order valence-corrected chi connectivity index (χ2v) is 6.22. The van der Waals surface area contributed by atoms with Gasteiger partial charge in [-0.3, -0.25) is 0 Å². The Balaban J connectivity index is 1.70. The van der Waals surface area contributed by atoms with Crippen molar-refractivity contribution in [3.63, 3.8) is 0 Å². The van der Waals surface area contributed by atoms with Crippen LogP contribution in [0.25, 0.3) is 0 Å². The Morgan fingerprint density at radius 1 is 1.29 bits per heavy atom. The molecule has 3 nitrogen and oxygen atoms in total. The Morgan fingerprint density at radius 2 is 1.95 bits per heavy atom. The van der Waals surface area contributed by atoms with Gasteiger partial charge >= 0.3 is 6.09 Å². The molecule has 1 aromatic rings. The minimum Gasteiger partial charge on any atom is -0.445 e. The van der Waals surface area contributed by atoms with E-state index in [2.05, 4.69) is 13.8 Å². The van der Waals surface area contributed by atoms with Crippen molar-refractivity contribution in [1.82, 2.24) is 4.90 Å². The Hall–Kier alpha value is -1.51. The lowest BCUT2D eigenvalue weighted by atomic mass is 9.87. The van der Waals surface area contributed by atoms with Crippen LogP contribution in [0.15, 0.2) is 30.3 Å². The topological polar surface area (TPSA) is 29.5 Å². The second-order valence-electron chi connectivity index (χ2n) is 6.22. The van der Waals surface area contributed by atoms with Gasteiger partial charge in [-0.05, 0) is 36.7 Å². The molecule has 0 saturated carbocycles. The van der Waals surface area contributed by atoms with E-state index in [-0.39, 0.29) is 6.09 Å². The fraction of sp³-hybridized carbons (Fsp3) is 0.611. The molecule has 0 aromatic heterocycles. The highest BCUT2D eigenvalue weighted by molar-refractivity contribution is 5.67. The van der Waals surface area contributed by atoms with Crippen molar-refractivity contribution in [3.8, 4) is 0 Å². The third-order valence-corrected chi connectivity index (χ3v) is 4.51. The average Bonchev–Trinajstić information content (AvgIpc) is 2.54. The minimum atomic E-state index is -0.166. The maximum Gasteiger partial charge on any atom is 0.410 e. The van der Waals surface area contributed by atoms with Gasteiger partial charge < -0.3 is 9.64 Å². The van der Waals surface area contributed by atoms with E-state index in [1.54, 1.807) is 0 Å². The van der Waals surface area contributed by atoms with Crippen molar-refractivity contribution >= 4 is 6.09 Å². The van der Waals surface area contributed by atoms with E-state index in [0.29, 0.717) is 6.61 Å². The van der Waals surface area contributed by atoms with Crippen molar-refractivity contribution in [2.75, 3.05) is 13.1 Å². The molecule has 116 valence electrons. The van der Waals surface area contributed by atoms with Crippen LogP contribution in [-0.2, 0) is 11.3 Å². The molecule has 3 heteroatoms. The number of hydrogen-bond acceptors (Lipinski definition) is 2. The Kier molecular flexibility index (Phi) is 6.09. The highest BCUT2D eigenvalue weighted by Crippen LogP contribution is 2.25. The molecule has 1 heterocycles. The largest absolute Gasteiger partial charge is 0.445 e. The standard InChI is InChI=1S/C18H27NO2/c1-3-15(2)13-16-9-11-19(12-10-16)18(20)21-14-17-7-5-4-6-8-17/h4-8,15-16H,3,9-14H2,1-2H3. The van der Waals surface area contributed by atoms with E-state index in [1.807, 2.05) is 35.2 Å². The van der Waals surface area contributed by atoms with Crippen molar-refractivity contribution in [2.45, 2.75) is 46.1 Å². The van der Waals surface area contributed by atoms with Gasteiger partial charge in [0, 0.05) is 13.1 Å². The van der Waals surface area contributed by atoms with E-state index >= 15 is 0 Å². The summed E-state index contributed by atoms with van der Waals surface area (Å²) in [6.07, 6.45) is 4.61. The van der Waals surface area contributed by atoms with Gasteiger partial charge in [0.25, 0.3) is 0 Å². The molecule has 0 radical (unpaired) electrons. The number of piperidine rings is 1. The molecule has 0 aliphatic carbocycles. The SMILES string of the molecule is CCC(C)CC1CCN(C(=O)OCc2ccccc2)CC1. The molecule has 1 amide bonds. The van der Waals surface area contributed by atoms with Crippen LogP contribution in [-0.4, -0.2) is 24.1 Å². The lowest BCUT2D eigenvalue weighted by Crippen LogP contribution is -2.39. The molecular weight excluding hydrogens is 262 g/mol. The molecule has 0 bridgehead atoms. The smallest absolute Gasteiger partial charge is 0.410 e. The van der Waals surface area contributed by atoms with Gasteiger partial charge in [-0.1, -0.05) is 50.6 Å². The van der Waals surface area contributed by atoms with Crippen molar-refractivity contribution < 1.29 is 9.53 Å². The number of carbonyl (C=O) groups excluding carboxylic acids is 1. The number of nitrogens with zero attached hydrogens (tertiary/aromatic N) is 1. The Labute approximate surface area is 128 Å². The molecule has 1 unspecified atom stereocenters. The van der Waals surface area contributed by atoms with Gasteiger partial charge in [0.1, 0.15) is 6.61 Å². The molecular formula is C18H27NO2. The molecule has 1 aliphatic heterocycles. The first kappa shape index (κ1) is 15.9. The number of likely N-dealkylation sites (tertiary alicyclic amines) is 1. The minimum absolute atomic E-state index is 0.166. The number of ether oxygens (including phenoxy) is 1. The fourth-order valence-electron chi connectivity index (χ4n) is 2.90. The van der Waals surface area contributed by atoms with E-state index in [0.717, 1.165) is 43.3 Å². The van der Waals surface area contributed by atoms with Gasteiger partial charge in [0.05, 0.1) is 0 Å². The number of hydrogen-bond donors (Lipinski definition) is 0. The van der Waals surface area contributed by atoms with Crippen molar-refractivity contribution in [2.24, 2.45) is 11.8 Å². The zero-order chi connectivity index (χ0) is 15.1. The summed E-state index contributed by atoms with van der Waals surface area (Å²) in [5.41, 5.74) is 1.04. The summed E-state index contributed by atoms with van der Waals surface area (Å²) < 4.78 is 5.39. The van der Waals surface area contributed by atoms with Gasteiger partial charge in [-0.25, -0.2) is 4.79 Å². The van der Waals surface area contributed by atoms with Gasteiger partial charge in [-0.15, -0.1) is 0 Å². The zero-order valence-corrected chi connectivity index (χ0v) is 13.3. The third-order valence-electron chi connectivity index (χ3n) is 4.51. The summed E-state index contributed by atoms with van der Waals surface area (Å²) >= 11 is 0. The summed E-state index contributed by atoms with van der Waals surface area (Å²) in [4.78, 5) is 13.9. The normalized spacial score (nSPS) is 17.5. The fourth-order valence-corrected chi connectivity index (χ4v) is 2.90. The molecule has 1 fully saturated rings. The Bertz CT molecular complexity index is 424. The molecule has 1 saturated heterocycles. The number of amides is 1. The monoisotopic (exact) mass is 289 g/mol. The van der Waals surface area contributed by atoms with Gasteiger partial charge in [0.2, 0.25) is 0 Å². The van der Waals surface area contributed by atoms with E-state index in [9.17, 15) is 4.79 Å². The zero-order valence-electron chi connectivity index (χ0n) is 13.3.